The summed E-state index contributed by atoms with van der Waals surface area (Å²) in [5, 5.41) is 7.14. The van der Waals surface area contributed by atoms with Gasteiger partial charge in [-0.25, -0.2) is 0 Å². The van der Waals surface area contributed by atoms with E-state index in [4.69, 9.17) is 0 Å². The Kier molecular flexibility index (Phi) is 2.87. The van der Waals surface area contributed by atoms with Gasteiger partial charge in [-0.2, -0.15) is 5.10 Å². The molecule has 0 saturated carbocycles. The number of likely N-dealkylation sites (tertiary alicyclic amines) is 1. The summed E-state index contributed by atoms with van der Waals surface area (Å²) in [6.07, 6.45) is 5.79. The van der Waals surface area contributed by atoms with Gasteiger partial charge < -0.3 is 0 Å². The second kappa shape index (κ2) is 4.13. The lowest BCUT2D eigenvalue weighted by atomic mass is 9.98. The minimum Gasteiger partial charge on any atom is -0.292 e. The Morgan fingerprint density at radius 1 is 1.50 bits per heavy atom. The van der Waals surface area contributed by atoms with Crippen molar-refractivity contribution in [2.75, 3.05) is 6.54 Å². The molecule has 2 rings (SSSR count). The molecule has 0 aromatic carbocycles. The minimum absolute atomic E-state index is 0.561. The number of rotatable bonds is 2. The van der Waals surface area contributed by atoms with Gasteiger partial charge in [-0.15, -0.1) is 0 Å². The molecule has 1 aromatic rings. The molecule has 78 valence electrons. The monoisotopic (exact) mass is 193 g/mol. The third kappa shape index (κ3) is 1.82. The smallest absolute Gasteiger partial charge is 0.0523 e. The van der Waals surface area contributed by atoms with Crippen molar-refractivity contribution >= 4 is 0 Å². The predicted octanol–water partition coefficient (Wildman–Crippen LogP) is 2.35. The summed E-state index contributed by atoms with van der Waals surface area (Å²) in [7, 11) is 0. The number of hydrogen-bond donors (Lipinski definition) is 1. The average Bonchev–Trinajstić information content (AvgIpc) is 2.70. The average molecular weight is 193 g/mol. The molecule has 2 heterocycles. The quantitative estimate of drug-likeness (QED) is 0.781. The van der Waals surface area contributed by atoms with Crippen LogP contribution in [0, 0.1) is 0 Å². The fraction of sp³-hybridized carbons (Fsp3) is 0.727. The number of nitrogens with zero attached hydrogens (tertiary/aromatic N) is 2. The van der Waals surface area contributed by atoms with Gasteiger partial charge in [0.25, 0.3) is 0 Å². The van der Waals surface area contributed by atoms with Crippen LogP contribution in [0.15, 0.2) is 12.3 Å². The van der Waals surface area contributed by atoms with Crippen LogP contribution in [0.3, 0.4) is 0 Å². The van der Waals surface area contributed by atoms with Gasteiger partial charge in [-0.05, 0) is 39.3 Å². The molecule has 3 heteroatoms. The number of nitrogens with one attached hydrogen (secondary N) is 1. The second-order valence-electron chi connectivity index (χ2n) is 4.36. The van der Waals surface area contributed by atoms with Crippen LogP contribution < -0.4 is 0 Å². The maximum atomic E-state index is 4.04. The Morgan fingerprint density at radius 2 is 2.36 bits per heavy atom. The van der Waals surface area contributed by atoms with Crippen molar-refractivity contribution in [3.05, 3.63) is 18.0 Å². The zero-order valence-electron chi connectivity index (χ0n) is 9.03. The van der Waals surface area contributed by atoms with Crippen LogP contribution in [-0.2, 0) is 0 Å². The van der Waals surface area contributed by atoms with E-state index in [0.29, 0.717) is 12.1 Å². The van der Waals surface area contributed by atoms with Crippen LogP contribution in [-0.4, -0.2) is 27.7 Å². The van der Waals surface area contributed by atoms with Gasteiger partial charge in [0.1, 0.15) is 0 Å². The highest BCUT2D eigenvalue weighted by Gasteiger charge is 2.26. The number of hydrogen-bond acceptors (Lipinski definition) is 2. The van der Waals surface area contributed by atoms with Gasteiger partial charge >= 0.3 is 0 Å². The molecular weight excluding hydrogens is 174 g/mol. The van der Waals surface area contributed by atoms with Crippen molar-refractivity contribution in [2.45, 2.75) is 45.2 Å². The van der Waals surface area contributed by atoms with Crippen molar-refractivity contribution in [1.29, 1.82) is 0 Å². The van der Waals surface area contributed by atoms with Crippen LogP contribution >= 0.6 is 0 Å². The van der Waals surface area contributed by atoms with Gasteiger partial charge in [0.2, 0.25) is 0 Å². The summed E-state index contributed by atoms with van der Waals surface area (Å²) in [6.45, 7) is 5.77. The SMILES string of the molecule is CC(C)N1CCCC[C@@H]1c1ccn[nH]1. The fourth-order valence-corrected chi connectivity index (χ4v) is 2.36. The summed E-state index contributed by atoms with van der Waals surface area (Å²) in [4.78, 5) is 2.57. The summed E-state index contributed by atoms with van der Waals surface area (Å²) in [5.74, 6) is 0. The lowest BCUT2D eigenvalue weighted by Gasteiger charge is -2.37. The first kappa shape index (κ1) is 9.71. The molecular formula is C11H19N3. The zero-order valence-corrected chi connectivity index (χ0v) is 9.03. The molecule has 1 aliphatic rings. The Morgan fingerprint density at radius 3 is 3.00 bits per heavy atom. The molecule has 0 aliphatic carbocycles. The highest BCUT2D eigenvalue weighted by atomic mass is 15.2. The molecule has 0 bridgehead atoms. The van der Waals surface area contributed by atoms with Crippen LogP contribution in [0.4, 0.5) is 0 Å². The second-order valence-corrected chi connectivity index (χ2v) is 4.36. The number of aromatic amines is 1. The van der Waals surface area contributed by atoms with Gasteiger partial charge in [0, 0.05) is 12.2 Å². The first-order valence-corrected chi connectivity index (χ1v) is 5.54. The molecule has 1 aliphatic heterocycles. The van der Waals surface area contributed by atoms with Crippen molar-refractivity contribution in [1.82, 2.24) is 15.1 Å². The number of piperidine rings is 1. The van der Waals surface area contributed by atoms with Crippen molar-refractivity contribution in [3.8, 4) is 0 Å². The van der Waals surface area contributed by atoms with E-state index in [0.717, 1.165) is 0 Å². The van der Waals surface area contributed by atoms with Crippen LogP contribution in [0.2, 0.25) is 0 Å². The van der Waals surface area contributed by atoms with E-state index in [2.05, 4.69) is 35.0 Å². The summed E-state index contributed by atoms with van der Waals surface area (Å²) in [5.41, 5.74) is 1.28. The molecule has 14 heavy (non-hydrogen) atoms. The summed E-state index contributed by atoms with van der Waals surface area (Å²) in [6, 6.07) is 3.29. The number of H-pyrrole nitrogens is 1. The van der Waals surface area contributed by atoms with Gasteiger partial charge in [0.15, 0.2) is 0 Å². The molecule has 0 radical (unpaired) electrons. The highest BCUT2D eigenvalue weighted by molar-refractivity contribution is 5.06. The Balaban J connectivity index is 2.14. The van der Waals surface area contributed by atoms with Crippen molar-refractivity contribution < 1.29 is 0 Å². The molecule has 0 amide bonds. The zero-order chi connectivity index (χ0) is 9.97. The van der Waals surface area contributed by atoms with E-state index >= 15 is 0 Å². The Bertz CT molecular complexity index is 266. The first-order valence-electron chi connectivity index (χ1n) is 5.54. The van der Waals surface area contributed by atoms with Gasteiger partial charge in [0.05, 0.1) is 11.7 Å². The molecule has 1 saturated heterocycles. The lowest BCUT2D eigenvalue weighted by molar-refractivity contribution is 0.109. The van der Waals surface area contributed by atoms with E-state index < -0.39 is 0 Å². The van der Waals surface area contributed by atoms with Crippen molar-refractivity contribution in [3.63, 3.8) is 0 Å². The third-order valence-corrected chi connectivity index (χ3v) is 3.09. The topological polar surface area (TPSA) is 31.9 Å². The van der Waals surface area contributed by atoms with Gasteiger partial charge in [-0.1, -0.05) is 6.42 Å². The Labute approximate surface area is 85.5 Å². The summed E-state index contributed by atoms with van der Waals surface area (Å²) >= 11 is 0. The first-order chi connectivity index (χ1) is 6.79. The fourth-order valence-electron chi connectivity index (χ4n) is 2.36. The van der Waals surface area contributed by atoms with E-state index in [9.17, 15) is 0 Å². The molecule has 1 N–H and O–H groups in total. The molecule has 0 spiro atoms. The Hall–Kier alpha value is -0.830. The molecule has 0 unspecified atom stereocenters. The standard InChI is InChI=1S/C11H19N3/c1-9(2)14-8-4-3-5-11(14)10-6-7-12-13-10/h6-7,9,11H,3-5,8H2,1-2H3,(H,12,13)/t11-/m1/s1. The lowest BCUT2D eigenvalue weighted by Crippen LogP contribution is -2.38. The van der Waals surface area contributed by atoms with E-state index in [1.54, 1.807) is 0 Å². The van der Waals surface area contributed by atoms with Crippen LogP contribution in [0.25, 0.3) is 0 Å². The maximum absolute atomic E-state index is 4.04. The third-order valence-electron chi connectivity index (χ3n) is 3.09. The van der Waals surface area contributed by atoms with E-state index in [1.807, 2.05) is 6.20 Å². The maximum Gasteiger partial charge on any atom is 0.0523 e. The molecule has 1 fully saturated rings. The summed E-state index contributed by atoms with van der Waals surface area (Å²) < 4.78 is 0. The molecule has 1 aromatic heterocycles. The minimum atomic E-state index is 0.561. The largest absolute Gasteiger partial charge is 0.292 e. The highest BCUT2D eigenvalue weighted by Crippen LogP contribution is 2.30. The molecule has 3 nitrogen and oxygen atoms in total. The number of aromatic nitrogens is 2. The van der Waals surface area contributed by atoms with E-state index in [-0.39, 0.29) is 0 Å². The van der Waals surface area contributed by atoms with Crippen LogP contribution in [0.5, 0.6) is 0 Å². The van der Waals surface area contributed by atoms with E-state index in [1.165, 1.54) is 31.5 Å². The van der Waals surface area contributed by atoms with Crippen molar-refractivity contribution in [2.24, 2.45) is 0 Å². The normalized spacial score (nSPS) is 24.4. The predicted molar refractivity (Wildman–Crippen MR) is 57.0 cm³/mol. The molecule has 1 atom stereocenters. The van der Waals surface area contributed by atoms with Gasteiger partial charge in [-0.3, -0.25) is 10.00 Å². The van der Waals surface area contributed by atoms with Crippen LogP contribution in [0.1, 0.15) is 44.8 Å².